The number of ether oxygens (including phenoxy) is 2. The summed E-state index contributed by atoms with van der Waals surface area (Å²) in [5.41, 5.74) is 0.502. The van der Waals surface area contributed by atoms with Gasteiger partial charge in [-0.15, -0.1) is 0 Å². The van der Waals surface area contributed by atoms with E-state index in [9.17, 15) is 9.90 Å². The Morgan fingerprint density at radius 1 is 1.39 bits per heavy atom. The van der Waals surface area contributed by atoms with Crippen molar-refractivity contribution in [3.05, 3.63) is 29.8 Å². The summed E-state index contributed by atoms with van der Waals surface area (Å²) in [5.74, 6) is 1.01. The molecule has 1 heterocycles. The largest absolute Gasteiger partial charge is 0.491 e. The van der Waals surface area contributed by atoms with Crippen LogP contribution in [0.15, 0.2) is 24.3 Å². The highest BCUT2D eigenvalue weighted by atomic mass is 16.5. The first-order chi connectivity index (χ1) is 11.1. The van der Waals surface area contributed by atoms with Crippen molar-refractivity contribution in [2.24, 2.45) is 5.92 Å². The van der Waals surface area contributed by atoms with E-state index in [1.54, 1.807) is 31.2 Å². The summed E-state index contributed by atoms with van der Waals surface area (Å²) in [5, 5.41) is 10.1. The molecule has 0 aliphatic carbocycles. The van der Waals surface area contributed by atoms with Gasteiger partial charge in [0.2, 0.25) is 0 Å². The summed E-state index contributed by atoms with van der Waals surface area (Å²) < 4.78 is 10.5. The maximum Gasteiger partial charge on any atom is 0.338 e. The molecular formula is C18H27NO4. The molecule has 0 radical (unpaired) electrons. The van der Waals surface area contributed by atoms with Gasteiger partial charge in [0, 0.05) is 13.1 Å². The molecule has 1 fully saturated rings. The van der Waals surface area contributed by atoms with Crippen LogP contribution < -0.4 is 4.74 Å². The first-order valence-corrected chi connectivity index (χ1v) is 8.39. The number of carbonyl (C=O) groups is 1. The summed E-state index contributed by atoms with van der Waals surface area (Å²) in [6, 6.07) is 6.79. The van der Waals surface area contributed by atoms with E-state index in [0.29, 0.717) is 30.4 Å². The van der Waals surface area contributed by atoms with Gasteiger partial charge < -0.3 is 19.5 Å². The van der Waals surface area contributed by atoms with Crippen molar-refractivity contribution >= 4 is 5.97 Å². The average Bonchev–Trinajstić information content (AvgIpc) is 2.54. The van der Waals surface area contributed by atoms with Crippen LogP contribution in [0.5, 0.6) is 5.75 Å². The topological polar surface area (TPSA) is 59.0 Å². The van der Waals surface area contributed by atoms with E-state index < -0.39 is 6.10 Å². The van der Waals surface area contributed by atoms with E-state index in [1.165, 1.54) is 12.8 Å². The number of hydrogen-bond acceptors (Lipinski definition) is 5. The molecule has 1 saturated heterocycles. The van der Waals surface area contributed by atoms with Gasteiger partial charge in [-0.05, 0) is 56.5 Å². The van der Waals surface area contributed by atoms with Crippen LogP contribution in [0.25, 0.3) is 0 Å². The van der Waals surface area contributed by atoms with Gasteiger partial charge in [0.05, 0.1) is 12.2 Å². The minimum Gasteiger partial charge on any atom is -0.491 e. The van der Waals surface area contributed by atoms with Gasteiger partial charge in [-0.25, -0.2) is 4.79 Å². The van der Waals surface area contributed by atoms with Crippen molar-refractivity contribution in [2.45, 2.75) is 32.8 Å². The minimum absolute atomic E-state index is 0.254. The Morgan fingerprint density at radius 3 is 2.78 bits per heavy atom. The van der Waals surface area contributed by atoms with Gasteiger partial charge >= 0.3 is 5.97 Å². The quantitative estimate of drug-likeness (QED) is 0.781. The summed E-state index contributed by atoms with van der Waals surface area (Å²) in [7, 11) is 0. The number of benzene rings is 1. The van der Waals surface area contributed by atoms with E-state index in [2.05, 4.69) is 11.8 Å². The summed E-state index contributed by atoms with van der Waals surface area (Å²) in [4.78, 5) is 13.9. The summed E-state index contributed by atoms with van der Waals surface area (Å²) >= 11 is 0. The molecule has 5 nitrogen and oxygen atoms in total. The highest BCUT2D eigenvalue weighted by Gasteiger charge is 2.19. The molecule has 1 aromatic rings. The van der Waals surface area contributed by atoms with Crippen molar-refractivity contribution in [3.63, 3.8) is 0 Å². The van der Waals surface area contributed by atoms with Crippen LogP contribution in [0, 0.1) is 5.92 Å². The van der Waals surface area contributed by atoms with Crippen LogP contribution in [0.2, 0.25) is 0 Å². The predicted molar refractivity (Wildman–Crippen MR) is 88.7 cm³/mol. The van der Waals surface area contributed by atoms with Crippen molar-refractivity contribution in [3.8, 4) is 5.75 Å². The van der Waals surface area contributed by atoms with E-state index in [4.69, 9.17) is 9.47 Å². The lowest BCUT2D eigenvalue weighted by Crippen LogP contribution is -2.41. The molecule has 0 spiro atoms. The maximum absolute atomic E-state index is 11.6. The Morgan fingerprint density at radius 2 is 2.13 bits per heavy atom. The molecule has 0 amide bonds. The first kappa shape index (κ1) is 17.8. The number of piperidine rings is 1. The second-order valence-electron chi connectivity index (χ2n) is 6.22. The highest BCUT2D eigenvalue weighted by molar-refractivity contribution is 5.89. The lowest BCUT2D eigenvalue weighted by atomic mass is 10.0. The van der Waals surface area contributed by atoms with Crippen molar-refractivity contribution in [1.82, 2.24) is 4.90 Å². The number of hydrogen-bond donors (Lipinski definition) is 1. The normalized spacial score (nSPS) is 20.0. The minimum atomic E-state index is -0.509. The van der Waals surface area contributed by atoms with Gasteiger partial charge in [-0.1, -0.05) is 6.92 Å². The van der Waals surface area contributed by atoms with Gasteiger partial charge in [-0.3, -0.25) is 0 Å². The Labute approximate surface area is 138 Å². The monoisotopic (exact) mass is 321 g/mol. The first-order valence-electron chi connectivity index (χ1n) is 8.39. The van der Waals surface area contributed by atoms with Crippen molar-refractivity contribution in [2.75, 3.05) is 32.8 Å². The number of aliphatic hydroxyl groups excluding tert-OH is 1. The van der Waals surface area contributed by atoms with Gasteiger partial charge in [0.15, 0.2) is 0 Å². The van der Waals surface area contributed by atoms with Gasteiger partial charge in [-0.2, -0.15) is 0 Å². The average molecular weight is 321 g/mol. The maximum atomic E-state index is 11.6. The molecule has 128 valence electrons. The van der Waals surface area contributed by atoms with Crippen LogP contribution in [0.1, 0.15) is 37.0 Å². The van der Waals surface area contributed by atoms with Crippen LogP contribution in [-0.2, 0) is 4.74 Å². The van der Waals surface area contributed by atoms with Crippen molar-refractivity contribution in [1.29, 1.82) is 0 Å². The number of aliphatic hydroxyl groups is 1. The van der Waals surface area contributed by atoms with Gasteiger partial charge in [0.25, 0.3) is 0 Å². The smallest absolute Gasteiger partial charge is 0.338 e. The fourth-order valence-electron chi connectivity index (χ4n) is 2.90. The third kappa shape index (κ3) is 5.84. The number of carbonyl (C=O) groups excluding carboxylic acids is 1. The van der Waals surface area contributed by atoms with Crippen LogP contribution >= 0.6 is 0 Å². The number of rotatable bonds is 7. The van der Waals surface area contributed by atoms with Crippen LogP contribution in [0.4, 0.5) is 0 Å². The Balaban J connectivity index is 1.75. The summed E-state index contributed by atoms with van der Waals surface area (Å²) in [6.07, 6.45) is 1.96. The molecule has 2 rings (SSSR count). The molecule has 2 atom stereocenters. The molecule has 0 aromatic heterocycles. The Hall–Kier alpha value is -1.59. The Kier molecular flexibility index (Phi) is 6.86. The molecule has 5 heteroatoms. The summed E-state index contributed by atoms with van der Waals surface area (Å²) in [6.45, 7) is 7.38. The molecule has 23 heavy (non-hydrogen) atoms. The van der Waals surface area contributed by atoms with Crippen LogP contribution in [-0.4, -0.2) is 54.9 Å². The third-order valence-electron chi connectivity index (χ3n) is 4.02. The van der Waals surface area contributed by atoms with E-state index in [-0.39, 0.29) is 12.6 Å². The van der Waals surface area contributed by atoms with Gasteiger partial charge in [0.1, 0.15) is 18.5 Å². The molecular weight excluding hydrogens is 294 g/mol. The molecule has 2 unspecified atom stereocenters. The number of β-amino-alcohol motifs (C(OH)–C–C–N with tert-alkyl or cyclic N) is 1. The highest BCUT2D eigenvalue weighted by Crippen LogP contribution is 2.16. The second kappa shape index (κ2) is 8.89. The zero-order valence-corrected chi connectivity index (χ0v) is 14.0. The molecule has 1 aliphatic heterocycles. The van der Waals surface area contributed by atoms with E-state index in [0.717, 1.165) is 13.1 Å². The Bertz CT molecular complexity index is 488. The number of likely N-dealkylation sites (tertiary alicyclic amines) is 1. The fraction of sp³-hybridized carbons (Fsp3) is 0.611. The van der Waals surface area contributed by atoms with E-state index >= 15 is 0 Å². The lowest BCUT2D eigenvalue weighted by molar-refractivity contribution is 0.0520. The number of esters is 1. The predicted octanol–water partition coefficient (Wildman–Crippen LogP) is 2.33. The van der Waals surface area contributed by atoms with Crippen LogP contribution in [0.3, 0.4) is 0 Å². The zero-order valence-electron chi connectivity index (χ0n) is 14.0. The van der Waals surface area contributed by atoms with Crippen molar-refractivity contribution < 1.29 is 19.4 Å². The molecule has 0 bridgehead atoms. The SMILES string of the molecule is CCOC(=O)c1ccc(OCC(O)CN2CCCC(C)C2)cc1. The standard InChI is InChI=1S/C18H27NO4/c1-3-22-18(21)15-6-8-17(9-7-15)23-13-16(20)12-19-10-4-5-14(2)11-19/h6-9,14,16,20H,3-5,10-13H2,1-2H3. The van der Waals surface area contributed by atoms with E-state index in [1.807, 2.05) is 0 Å². The third-order valence-corrected chi connectivity index (χ3v) is 4.02. The molecule has 0 saturated carbocycles. The molecule has 1 aromatic carbocycles. The fourth-order valence-corrected chi connectivity index (χ4v) is 2.90. The molecule has 1 aliphatic rings. The molecule has 1 N–H and O–H groups in total. The lowest BCUT2D eigenvalue weighted by Gasteiger charge is -2.32. The zero-order chi connectivity index (χ0) is 16.7. The second-order valence-corrected chi connectivity index (χ2v) is 6.22. The number of nitrogens with zero attached hydrogens (tertiary/aromatic N) is 1.